The average molecular weight is 434 g/mol. The number of thiophene rings is 1. The number of nitrogens with one attached hydrogen (secondary N) is 1. The molecule has 1 aromatic heterocycles. The maximum atomic E-state index is 12.8. The topological polar surface area (TPSA) is 105 Å². The molecule has 1 fully saturated rings. The lowest BCUT2D eigenvalue weighted by Gasteiger charge is -2.33. The number of rotatable bonds is 3. The van der Waals surface area contributed by atoms with Crippen LogP contribution in [0.2, 0.25) is 0 Å². The summed E-state index contributed by atoms with van der Waals surface area (Å²) in [5.41, 5.74) is 0.995. The summed E-state index contributed by atoms with van der Waals surface area (Å²) in [5.74, 6) is -0.674. The fourth-order valence-electron chi connectivity index (χ4n) is 3.59. The number of fused-ring (bicyclic) bond motifs is 1. The monoisotopic (exact) mass is 433 g/mol. The number of piperidine rings is 1. The summed E-state index contributed by atoms with van der Waals surface area (Å²) in [6.07, 6.45) is 1.40. The quantitative estimate of drug-likeness (QED) is 0.745. The normalized spacial score (nSPS) is 20.0. The number of nitrogens with zero attached hydrogens (tertiary/aromatic N) is 2. The highest BCUT2D eigenvalue weighted by molar-refractivity contribution is 7.90. The fraction of sp³-hybridized carbons (Fsp3) is 0.316. The van der Waals surface area contributed by atoms with E-state index in [1.165, 1.54) is 18.4 Å². The van der Waals surface area contributed by atoms with Crippen LogP contribution in [0.25, 0.3) is 0 Å². The summed E-state index contributed by atoms with van der Waals surface area (Å²) in [6, 6.07) is 8.38. The summed E-state index contributed by atoms with van der Waals surface area (Å²) in [5, 5.41) is 4.52. The van der Waals surface area contributed by atoms with Gasteiger partial charge in [-0.1, -0.05) is 12.1 Å². The molecule has 0 radical (unpaired) electrons. The summed E-state index contributed by atoms with van der Waals surface area (Å²) < 4.78 is 33.3. The second kappa shape index (κ2) is 7.60. The van der Waals surface area contributed by atoms with E-state index in [1.54, 1.807) is 35.7 Å². The number of carbonyl (C=O) groups is 2. The van der Waals surface area contributed by atoms with E-state index in [2.05, 4.69) is 9.71 Å². The van der Waals surface area contributed by atoms with Crippen molar-refractivity contribution in [1.82, 2.24) is 4.90 Å². The summed E-state index contributed by atoms with van der Waals surface area (Å²) in [7, 11) is -2.41. The van der Waals surface area contributed by atoms with Gasteiger partial charge in [0.25, 0.3) is 10.0 Å². The first-order valence-corrected chi connectivity index (χ1v) is 11.4. The Morgan fingerprint density at radius 2 is 2.07 bits per heavy atom. The van der Waals surface area contributed by atoms with Gasteiger partial charge in [-0.15, -0.1) is 15.7 Å². The minimum atomic E-state index is -3.71. The molecule has 8 nitrogen and oxygen atoms in total. The maximum Gasteiger partial charge on any atom is 0.350 e. The molecular weight excluding hydrogens is 414 g/mol. The van der Waals surface area contributed by atoms with Gasteiger partial charge in [0.05, 0.1) is 18.7 Å². The predicted octanol–water partition coefficient (Wildman–Crippen LogP) is 2.33. The number of amides is 1. The van der Waals surface area contributed by atoms with E-state index in [4.69, 9.17) is 4.74 Å². The number of ether oxygens (including phenoxy) is 1. The van der Waals surface area contributed by atoms with Crippen LogP contribution in [0.1, 0.15) is 28.1 Å². The molecule has 29 heavy (non-hydrogen) atoms. The van der Waals surface area contributed by atoms with E-state index in [-0.39, 0.29) is 16.7 Å². The molecular formula is C19H19N3O5S2. The standard InChI is InChI=1S/C19H19N3O5S2/c1-27-19(24)16-14(8-10-28-16)20-18(23)12-5-4-9-22(11-12)17-13-6-2-3-7-15(13)29(25,26)21-17/h2-3,6-8,10,12H,4-5,9,11H2,1H3,(H,20,23). The summed E-state index contributed by atoms with van der Waals surface area (Å²) in [4.78, 5) is 27.0. The first kappa shape index (κ1) is 19.6. The SMILES string of the molecule is COC(=O)c1sccc1NC(=O)C1CCCN(C2=NS(=O)(=O)c3ccccc32)C1. The average Bonchev–Trinajstić information content (AvgIpc) is 3.30. The molecule has 1 aromatic carbocycles. The Bertz CT molecular complexity index is 1110. The van der Waals surface area contributed by atoms with Crippen molar-refractivity contribution in [3.63, 3.8) is 0 Å². The molecule has 10 heteroatoms. The maximum absolute atomic E-state index is 12.8. The lowest BCUT2D eigenvalue weighted by Crippen LogP contribution is -2.43. The lowest BCUT2D eigenvalue weighted by molar-refractivity contribution is -0.121. The molecule has 1 N–H and O–H groups in total. The Hall–Kier alpha value is -2.72. The minimum absolute atomic E-state index is 0.197. The van der Waals surface area contributed by atoms with Gasteiger partial charge in [-0.3, -0.25) is 4.79 Å². The van der Waals surface area contributed by atoms with Crippen molar-refractivity contribution < 1.29 is 22.7 Å². The van der Waals surface area contributed by atoms with E-state index < -0.39 is 16.0 Å². The van der Waals surface area contributed by atoms with E-state index in [0.29, 0.717) is 41.5 Å². The Morgan fingerprint density at radius 3 is 2.86 bits per heavy atom. The van der Waals surface area contributed by atoms with Gasteiger partial charge in [0.15, 0.2) is 5.84 Å². The number of amidine groups is 1. The van der Waals surface area contributed by atoms with Gasteiger partial charge in [-0.25, -0.2) is 4.79 Å². The van der Waals surface area contributed by atoms with Crippen LogP contribution in [-0.2, 0) is 19.6 Å². The van der Waals surface area contributed by atoms with Gasteiger partial charge >= 0.3 is 5.97 Å². The Morgan fingerprint density at radius 1 is 1.28 bits per heavy atom. The molecule has 1 amide bonds. The van der Waals surface area contributed by atoms with Crippen LogP contribution in [-0.4, -0.2) is 51.2 Å². The predicted molar refractivity (Wildman–Crippen MR) is 109 cm³/mol. The molecule has 1 saturated heterocycles. The van der Waals surface area contributed by atoms with Crippen molar-refractivity contribution in [2.45, 2.75) is 17.7 Å². The fourth-order valence-corrected chi connectivity index (χ4v) is 5.59. The molecule has 3 heterocycles. The molecule has 152 valence electrons. The lowest BCUT2D eigenvalue weighted by atomic mass is 9.96. The third kappa shape index (κ3) is 3.65. The largest absolute Gasteiger partial charge is 0.465 e. The molecule has 4 rings (SSSR count). The third-order valence-electron chi connectivity index (χ3n) is 5.00. The highest BCUT2D eigenvalue weighted by Gasteiger charge is 2.35. The van der Waals surface area contributed by atoms with Crippen LogP contribution in [0.4, 0.5) is 5.69 Å². The van der Waals surface area contributed by atoms with Crippen molar-refractivity contribution >= 4 is 44.8 Å². The molecule has 1 atom stereocenters. The zero-order valence-electron chi connectivity index (χ0n) is 15.6. The number of hydrogen-bond donors (Lipinski definition) is 1. The van der Waals surface area contributed by atoms with Gasteiger partial charge in [-0.2, -0.15) is 8.42 Å². The first-order chi connectivity index (χ1) is 13.9. The number of carbonyl (C=O) groups excluding carboxylic acids is 2. The molecule has 2 aliphatic heterocycles. The van der Waals surface area contributed by atoms with Crippen molar-refractivity contribution in [1.29, 1.82) is 0 Å². The number of methoxy groups -OCH3 is 1. The second-order valence-electron chi connectivity index (χ2n) is 6.82. The molecule has 2 aliphatic rings. The van der Waals surface area contributed by atoms with Gasteiger partial charge in [-0.05, 0) is 36.4 Å². The Balaban J connectivity index is 1.52. The number of sulfonamides is 1. The van der Waals surface area contributed by atoms with Gasteiger partial charge in [0, 0.05) is 18.7 Å². The van der Waals surface area contributed by atoms with Crippen LogP contribution >= 0.6 is 11.3 Å². The van der Waals surface area contributed by atoms with Gasteiger partial charge in [0.1, 0.15) is 9.77 Å². The number of esters is 1. The van der Waals surface area contributed by atoms with Crippen LogP contribution in [0.5, 0.6) is 0 Å². The van der Waals surface area contributed by atoms with Crippen molar-refractivity contribution in [2.75, 3.05) is 25.5 Å². The van der Waals surface area contributed by atoms with Crippen LogP contribution < -0.4 is 5.32 Å². The van der Waals surface area contributed by atoms with Crippen molar-refractivity contribution in [3.8, 4) is 0 Å². The minimum Gasteiger partial charge on any atom is -0.465 e. The molecule has 0 saturated carbocycles. The molecule has 0 spiro atoms. The number of anilines is 1. The molecule has 0 bridgehead atoms. The third-order valence-corrected chi connectivity index (χ3v) is 7.22. The van der Waals surface area contributed by atoms with E-state index in [9.17, 15) is 18.0 Å². The van der Waals surface area contributed by atoms with E-state index in [0.717, 1.165) is 6.42 Å². The Labute approximate surface area is 172 Å². The van der Waals surface area contributed by atoms with Crippen molar-refractivity contribution in [2.24, 2.45) is 10.3 Å². The summed E-state index contributed by atoms with van der Waals surface area (Å²) >= 11 is 1.20. The second-order valence-corrected chi connectivity index (χ2v) is 9.30. The Kier molecular flexibility index (Phi) is 5.13. The molecule has 1 unspecified atom stereocenters. The van der Waals surface area contributed by atoms with Crippen LogP contribution in [0.3, 0.4) is 0 Å². The van der Waals surface area contributed by atoms with Crippen LogP contribution in [0, 0.1) is 5.92 Å². The van der Waals surface area contributed by atoms with E-state index >= 15 is 0 Å². The number of benzene rings is 1. The molecule has 2 aromatic rings. The first-order valence-electron chi connectivity index (χ1n) is 9.06. The highest BCUT2D eigenvalue weighted by Crippen LogP contribution is 2.30. The van der Waals surface area contributed by atoms with Gasteiger partial charge in [0.2, 0.25) is 5.91 Å². The number of likely N-dealkylation sites (tertiary alicyclic amines) is 1. The highest BCUT2D eigenvalue weighted by atomic mass is 32.2. The summed E-state index contributed by atoms with van der Waals surface area (Å²) in [6.45, 7) is 0.977. The van der Waals surface area contributed by atoms with Crippen LogP contribution in [0.15, 0.2) is 45.0 Å². The smallest absolute Gasteiger partial charge is 0.350 e. The number of hydrogen-bond acceptors (Lipinski definition) is 7. The zero-order valence-corrected chi connectivity index (χ0v) is 17.3. The van der Waals surface area contributed by atoms with Crippen molar-refractivity contribution in [3.05, 3.63) is 46.2 Å². The van der Waals surface area contributed by atoms with E-state index in [1.807, 2.05) is 4.90 Å². The van der Waals surface area contributed by atoms with Gasteiger partial charge < -0.3 is 15.0 Å². The molecule has 0 aliphatic carbocycles. The zero-order chi connectivity index (χ0) is 20.6.